The Kier molecular flexibility index (Phi) is 7.06. The first-order chi connectivity index (χ1) is 11.2. The minimum atomic E-state index is -0.525. The van der Waals surface area contributed by atoms with Crippen LogP contribution < -0.4 is 16.0 Å². The summed E-state index contributed by atoms with van der Waals surface area (Å²) in [6.45, 7) is 0.662. The van der Waals surface area contributed by atoms with Gasteiger partial charge in [0.15, 0.2) is 0 Å². The Labute approximate surface area is 140 Å². The molecule has 0 aromatic heterocycles. The second kappa shape index (κ2) is 9.29. The lowest BCUT2D eigenvalue weighted by molar-refractivity contribution is 0.187. The van der Waals surface area contributed by atoms with E-state index >= 15 is 0 Å². The number of thioether (sulfide) groups is 1. The fourth-order valence-electron chi connectivity index (χ4n) is 2.43. The highest BCUT2D eigenvalue weighted by Gasteiger charge is 2.14. The summed E-state index contributed by atoms with van der Waals surface area (Å²) in [6, 6.07) is 6.62. The van der Waals surface area contributed by atoms with E-state index in [0.717, 1.165) is 11.0 Å². The topological polar surface area (TPSA) is 79.5 Å². The number of nitrogens with one attached hydrogen (secondary N) is 3. The Bertz CT molecular complexity index is 516. The molecule has 1 saturated carbocycles. The van der Waals surface area contributed by atoms with Crippen LogP contribution in [0, 0.1) is 0 Å². The summed E-state index contributed by atoms with van der Waals surface area (Å²) in [7, 11) is 1.31. The highest BCUT2D eigenvalue weighted by atomic mass is 32.2. The third-order valence-electron chi connectivity index (χ3n) is 3.62. The van der Waals surface area contributed by atoms with Gasteiger partial charge < -0.3 is 15.4 Å². The first kappa shape index (κ1) is 17.5. The number of amides is 3. The number of anilines is 2. The number of rotatable bonds is 6. The van der Waals surface area contributed by atoms with Crippen LogP contribution in [0.4, 0.5) is 21.0 Å². The van der Waals surface area contributed by atoms with E-state index in [1.165, 1.54) is 32.8 Å². The number of carbonyl (C=O) groups excluding carboxylic acids is 2. The second-order valence-electron chi connectivity index (χ2n) is 5.35. The van der Waals surface area contributed by atoms with Crippen molar-refractivity contribution >= 4 is 35.3 Å². The SMILES string of the molecule is COC(=O)Nc1ccc(NC(=O)NCCSC2CCCC2)cc1. The predicted molar refractivity (Wildman–Crippen MR) is 94.2 cm³/mol. The van der Waals surface area contributed by atoms with E-state index in [1.54, 1.807) is 24.3 Å². The summed E-state index contributed by atoms with van der Waals surface area (Å²) in [6.07, 6.45) is 4.77. The Morgan fingerprint density at radius 2 is 1.74 bits per heavy atom. The van der Waals surface area contributed by atoms with E-state index in [-0.39, 0.29) is 6.03 Å². The van der Waals surface area contributed by atoms with Gasteiger partial charge in [0.25, 0.3) is 0 Å². The number of carbonyl (C=O) groups is 2. The van der Waals surface area contributed by atoms with Crippen molar-refractivity contribution in [3.05, 3.63) is 24.3 Å². The van der Waals surface area contributed by atoms with Crippen LogP contribution in [0.5, 0.6) is 0 Å². The van der Waals surface area contributed by atoms with Gasteiger partial charge in [-0.15, -0.1) is 0 Å². The molecular formula is C16H23N3O3S. The van der Waals surface area contributed by atoms with Crippen LogP contribution in [0.1, 0.15) is 25.7 Å². The fraction of sp³-hybridized carbons (Fsp3) is 0.500. The molecule has 1 aliphatic rings. The minimum absolute atomic E-state index is 0.217. The molecule has 0 atom stereocenters. The van der Waals surface area contributed by atoms with Gasteiger partial charge in [0, 0.05) is 28.9 Å². The molecular weight excluding hydrogens is 314 g/mol. The molecule has 0 saturated heterocycles. The molecule has 0 bridgehead atoms. The lowest BCUT2D eigenvalue weighted by Gasteiger charge is -2.10. The lowest BCUT2D eigenvalue weighted by atomic mass is 10.3. The normalized spacial score (nSPS) is 14.3. The van der Waals surface area contributed by atoms with E-state index in [9.17, 15) is 9.59 Å². The molecule has 1 fully saturated rings. The van der Waals surface area contributed by atoms with E-state index in [0.29, 0.717) is 17.9 Å². The molecule has 1 aromatic rings. The molecule has 6 nitrogen and oxygen atoms in total. The van der Waals surface area contributed by atoms with Gasteiger partial charge >= 0.3 is 12.1 Å². The van der Waals surface area contributed by atoms with Crippen LogP contribution >= 0.6 is 11.8 Å². The van der Waals surface area contributed by atoms with Crippen molar-refractivity contribution in [2.45, 2.75) is 30.9 Å². The molecule has 0 heterocycles. The molecule has 126 valence electrons. The number of hydrogen-bond donors (Lipinski definition) is 3. The highest BCUT2D eigenvalue weighted by Crippen LogP contribution is 2.28. The van der Waals surface area contributed by atoms with Crippen LogP contribution in [0.2, 0.25) is 0 Å². The maximum Gasteiger partial charge on any atom is 0.411 e. The largest absolute Gasteiger partial charge is 0.453 e. The Hall–Kier alpha value is -1.89. The first-order valence-electron chi connectivity index (χ1n) is 7.79. The summed E-state index contributed by atoms with van der Waals surface area (Å²) in [5.74, 6) is 0.945. The molecule has 3 amide bonds. The van der Waals surface area contributed by atoms with Crippen molar-refractivity contribution in [3.63, 3.8) is 0 Å². The molecule has 0 unspecified atom stereocenters. The summed E-state index contributed by atoms with van der Waals surface area (Å²) >= 11 is 1.95. The molecule has 0 aliphatic heterocycles. The summed E-state index contributed by atoms with van der Waals surface area (Å²) < 4.78 is 4.51. The lowest BCUT2D eigenvalue weighted by Crippen LogP contribution is -2.30. The number of ether oxygens (including phenoxy) is 1. The smallest absolute Gasteiger partial charge is 0.411 e. The second-order valence-corrected chi connectivity index (χ2v) is 6.76. The van der Waals surface area contributed by atoms with Crippen molar-refractivity contribution in [2.24, 2.45) is 0 Å². The zero-order valence-corrected chi connectivity index (χ0v) is 14.1. The van der Waals surface area contributed by atoms with Crippen LogP contribution in [-0.2, 0) is 4.74 Å². The van der Waals surface area contributed by atoms with E-state index in [1.807, 2.05) is 11.8 Å². The quantitative estimate of drug-likeness (QED) is 0.692. The van der Waals surface area contributed by atoms with Crippen LogP contribution in [-0.4, -0.2) is 36.8 Å². The van der Waals surface area contributed by atoms with Gasteiger partial charge in [-0.25, -0.2) is 9.59 Å². The summed E-state index contributed by atoms with van der Waals surface area (Å²) in [5.41, 5.74) is 1.28. The van der Waals surface area contributed by atoms with Gasteiger partial charge in [0.1, 0.15) is 0 Å². The van der Waals surface area contributed by atoms with Crippen LogP contribution in [0.25, 0.3) is 0 Å². The van der Waals surface area contributed by atoms with Crippen molar-refractivity contribution in [1.29, 1.82) is 0 Å². The predicted octanol–water partition coefficient (Wildman–Crippen LogP) is 3.66. The average molecular weight is 337 g/mol. The molecule has 7 heteroatoms. The van der Waals surface area contributed by atoms with E-state index in [2.05, 4.69) is 20.7 Å². The van der Waals surface area contributed by atoms with E-state index < -0.39 is 6.09 Å². The Balaban J connectivity index is 1.65. The summed E-state index contributed by atoms with van der Waals surface area (Å²) in [4.78, 5) is 22.9. The minimum Gasteiger partial charge on any atom is -0.453 e. The monoisotopic (exact) mass is 337 g/mol. The van der Waals surface area contributed by atoms with Crippen molar-refractivity contribution in [1.82, 2.24) is 5.32 Å². The standard InChI is InChI=1S/C16H23N3O3S/c1-22-16(21)19-13-8-6-12(7-9-13)18-15(20)17-10-11-23-14-4-2-3-5-14/h6-9,14H,2-5,10-11H2,1H3,(H,19,21)(H2,17,18,20). The van der Waals surface area contributed by atoms with Gasteiger partial charge in [0.05, 0.1) is 7.11 Å². The van der Waals surface area contributed by atoms with Gasteiger partial charge in [-0.05, 0) is 37.1 Å². The zero-order valence-electron chi connectivity index (χ0n) is 13.3. The molecule has 1 aromatic carbocycles. The first-order valence-corrected chi connectivity index (χ1v) is 8.84. The molecule has 3 N–H and O–H groups in total. The molecule has 0 spiro atoms. The Morgan fingerprint density at radius 3 is 2.35 bits per heavy atom. The van der Waals surface area contributed by atoms with Gasteiger partial charge in [-0.1, -0.05) is 12.8 Å². The van der Waals surface area contributed by atoms with Crippen molar-refractivity contribution < 1.29 is 14.3 Å². The maximum absolute atomic E-state index is 11.8. The molecule has 1 aliphatic carbocycles. The average Bonchev–Trinajstić information content (AvgIpc) is 3.07. The summed E-state index contributed by atoms with van der Waals surface area (Å²) in [5, 5.41) is 8.93. The Morgan fingerprint density at radius 1 is 1.13 bits per heavy atom. The number of urea groups is 1. The number of benzene rings is 1. The third-order valence-corrected chi connectivity index (χ3v) is 5.00. The molecule has 23 heavy (non-hydrogen) atoms. The fourth-order valence-corrected chi connectivity index (χ4v) is 3.65. The number of hydrogen-bond acceptors (Lipinski definition) is 4. The van der Waals surface area contributed by atoms with Gasteiger partial charge in [-0.2, -0.15) is 11.8 Å². The van der Waals surface area contributed by atoms with Crippen molar-refractivity contribution in [3.8, 4) is 0 Å². The molecule has 2 rings (SSSR count). The third kappa shape index (κ3) is 6.40. The van der Waals surface area contributed by atoms with E-state index in [4.69, 9.17) is 0 Å². The maximum atomic E-state index is 11.8. The number of methoxy groups -OCH3 is 1. The van der Waals surface area contributed by atoms with Crippen LogP contribution in [0.3, 0.4) is 0 Å². The zero-order chi connectivity index (χ0) is 16.5. The molecule has 0 radical (unpaired) electrons. The van der Waals surface area contributed by atoms with Crippen LogP contribution in [0.15, 0.2) is 24.3 Å². The van der Waals surface area contributed by atoms with Crippen molar-refractivity contribution in [2.75, 3.05) is 30.0 Å². The van der Waals surface area contributed by atoms with Gasteiger partial charge in [0.2, 0.25) is 0 Å². The van der Waals surface area contributed by atoms with Gasteiger partial charge in [-0.3, -0.25) is 5.32 Å². The highest BCUT2D eigenvalue weighted by molar-refractivity contribution is 7.99.